The van der Waals surface area contributed by atoms with Gasteiger partial charge in [-0.25, -0.2) is 0 Å². The van der Waals surface area contributed by atoms with Crippen molar-refractivity contribution >= 4 is 38.5 Å². The highest BCUT2D eigenvalue weighted by atomic mass is 79.9. The number of aliphatic imine (C=N–C) groups is 1. The average Bonchev–Trinajstić information content (AvgIpc) is 2.87. The van der Waals surface area contributed by atoms with Crippen LogP contribution in [-0.4, -0.2) is 17.0 Å². The topological polar surface area (TPSA) is 24.4 Å². The number of amidine groups is 1. The van der Waals surface area contributed by atoms with Gasteiger partial charge in [-0.15, -0.1) is 0 Å². The number of fused-ring (bicyclic) bond motifs is 1. The number of hydrogen-bond acceptors (Lipinski definition) is 3. The molecular formula is C14H14BrF3N2S. The second-order valence-electron chi connectivity index (χ2n) is 5.32. The third kappa shape index (κ3) is 3.39. The number of thioether (sulfide) groups is 1. The average molecular weight is 379 g/mol. The molecular weight excluding hydrogens is 365 g/mol. The first-order valence-corrected chi connectivity index (χ1v) is 8.56. The van der Waals surface area contributed by atoms with Gasteiger partial charge in [0.05, 0.1) is 11.6 Å². The van der Waals surface area contributed by atoms with Crippen molar-refractivity contribution in [1.82, 2.24) is 0 Å². The summed E-state index contributed by atoms with van der Waals surface area (Å²) in [7, 11) is 0. The van der Waals surface area contributed by atoms with Crippen molar-refractivity contribution in [1.29, 1.82) is 0 Å². The number of benzene rings is 1. The molecule has 0 spiro atoms. The van der Waals surface area contributed by atoms with E-state index in [0.29, 0.717) is 17.6 Å². The van der Waals surface area contributed by atoms with Crippen molar-refractivity contribution in [2.24, 2.45) is 10.9 Å². The van der Waals surface area contributed by atoms with E-state index < -0.39 is 11.7 Å². The van der Waals surface area contributed by atoms with Gasteiger partial charge in [0.15, 0.2) is 5.17 Å². The Bertz CT molecular complexity index is 574. The van der Waals surface area contributed by atoms with Crippen LogP contribution in [0.3, 0.4) is 0 Å². The number of halogens is 4. The van der Waals surface area contributed by atoms with Crippen molar-refractivity contribution < 1.29 is 13.2 Å². The SMILES string of the molecule is FC(F)(F)c1cc(NC2=NC3CCCC3CS2)ccc1Br. The number of hydrogen-bond donors (Lipinski definition) is 1. The van der Waals surface area contributed by atoms with Crippen LogP contribution in [0.15, 0.2) is 27.7 Å². The fourth-order valence-corrected chi connectivity index (χ4v) is 4.40. The standard InChI is InChI=1S/C14H14BrF3N2S/c15-11-5-4-9(6-10(11)14(16,17)18)19-13-20-12-3-1-2-8(12)7-21-13/h4-6,8,12H,1-3,7H2,(H,19,20). The van der Waals surface area contributed by atoms with E-state index in [1.165, 1.54) is 18.9 Å². The van der Waals surface area contributed by atoms with Crippen LogP contribution in [0.4, 0.5) is 18.9 Å². The zero-order chi connectivity index (χ0) is 15.0. The Kier molecular flexibility index (Phi) is 4.23. The Labute approximate surface area is 133 Å². The van der Waals surface area contributed by atoms with Crippen LogP contribution in [0.25, 0.3) is 0 Å². The Morgan fingerprint density at radius 1 is 1.29 bits per heavy atom. The summed E-state index contributed by atoms with van der Waals surface area (Å²) in [5.41, 5.74) is -0.249. The zero-order valence-electron chi connectivity index (χ0n) is 11.1. The van der Waals surface area contributed by atoms with Crippen LogP contribution in [-0.2, 0) is 6.18 Å². The molecule has 2 unspecified atom stereocenters. The zero-order valence-corrected chi connectivity index (χ0v) is 13.5. The van der Waals surface area contributed by atoms with Gasteiger partial charge >= 0.3 is 6.18 Å². The quantitative estimate of drug-likeness (QED) is 0.730. The summed E-state index contributed by atoms with van der Waals surface area (Å²) in [6, 6.07) is 4.50. The van der Waals surface area contributed by atoms with Gasteiger partial charge in [0.1, 0.15) is 0 Å². The summed E-state index contributed by atoms with van der Waals surface area (Å²) >= 11 is 4.54. The highest BCUT2D eigenvalue weighted by Crippen LogP contribution is 2.38. The fourth-order valence-electron chi connectivity index (χ4n) is 2.77. The molecule has 1 heterocycles. The minimum Gasteiger partial charge on any atom is -0.335 e. The molecule has 1 saturated carbocycles. The molecule has 0 radical (unpaired) electrons. The fraction of sp³-hybridized carbons (Fsp3) is 0.500. The third-order valence-corrected chi connectivity index (χ3v) is 5.63. The molecule has 2 aliphatic rings. The van der Waals surface area contributed by atoms with Gasteiger partial charge in [-0.2, -0.15) is 13.2 Å². The molecule has 2 atom stereocenters. The molecule has 1 aliphatic heterocycles. The van der Waals surface area contributed by atoms with Gasteiger partial charge in [-0.1, -0.05) is 34.1 Å². The molecule has 7 heteroatoms. The van der Waals surface area contributed by atoms with Crippen molar-refractivity contribution in [2.45, 2.75) is 31.5 Å². The smallest absolute Gasteiger partial charge is 0.335 e. The van der Waals surface area contributed by atoms with Gasteiger partial charge in [0, 0.05) is 15.9 Å². The second-order valence-corrected chi connectivity index (χ2v) is 7.18. The van der Waals surface area contributed by atoms with E-state index in [4.69, 9.17) is 0 Å². The highest BCUT2D eigenvalue weighted by molar-refractivity contribution is 9.10. The Morgan fingerprint density at radius 3 is 2.86 bits per heavy atom. The first kappa shape index (κ1) is 15.2. The molecule has 21 heavy (non-hydrogen) atoms. The largest absolute Gasteiger partial charge is 0.417 e. The third-order valence-electron chi connectivity index (χ3n) is 3.86. The van der Waals surface area contributed by atoms with Crippen molar-refractivity contribution in [3.05, 3.63) is 28.2 Å². The number of anilines is 1. The summed E-state index contributed by atoms with van der Waals surface area (Å²) in [6.07, 6.45) is -0.868. The minimum absolute atomic E-state index is 0.0506. The lowest BCUT2D eigenvalue weighted by atomic mass is 10.1. The van der Waals surface area contributed by atoms with Crippen LogP contribution in [0.2, 0.25) is 0 Å². The van der Waals surface area contributed by atoms with Crippen molar-refractivity contribution in [2.75, 3.05) is 11.1 Å². The van der Waals surface area contributed by atoms with Crippen molar-refractivity contribution in [3.8, 4) is 0 Å². The molecule has 1 aromatic rings. The molecule has 1 aromatic carbocycles. The first-order valence-electron chi connectivity index (χ1n) is 6.78. The van der Waals surface area contributed by atoms with Gasteiger partial charge in [-0.05, 0) is 37.0 Å². The Morgan fingerprint density at radius 2 is 2.10 bits per heavy atom. The monoisotopic (exact) mass is 378 g/mol. The summed E-state index contributed by atoms with van der Waals surface area (Å²) in [6.45, 7) is 0. The van der Waals surface area contributed by atoms with Gasteiger partial charge in [-0.3, -0.25) is 4.99 Å². The van der Waals surface area contributed by atoms with Crippen LogP contribution in [0.5, 0.6) is 0 Å². The summed E-state index contributed by atoms with van der Waals surface area (Å²) in [5.74, 6) is 1.63. The number of nitrogens with one attached hydrogen (secondary N) is 1. The van der Waals surface area contributed by atoms with E-state index in [1.54, 1.807) is 17.8 Å². The van der Waals surface area contributed by atoms with E-state index in [0.717, 1.165) is 23.4 Å². The maximum atomic E-state index is 12.9. The Hall–Kier alpha value is -0.690. The van der Waals surface area contributed by atoms with E-state index in [9.17, 15) is 13.2 Å². The molecule has 1 aliphatic carbocycles. The number of alkyl halides is 3. The minimum atomic E-state index is -4.37. The van der Waals surface area contributed by atoms with Gasteiger partial charge in [0.2, 0.25) is 0 Å². The molecule has 3 rings (SSSR count). The van der Waals surface area contributed by atoms with Gasteiger partial charge < -0.3 is 5.32 Å². The molecule has 0 aromatic heterocycles. The van der Waals surface area contributed by atoms with E-state index in [-0.39, 0.29) is 4.47 Å². The van der Waals surface area contributed by atoms with Crippen LogP contribution >= 0.6 is 27.7 Å². The van der Waals surface area contributed by atoms with E-state index in [1.807, 2.05) is 0 Å². The predicted molar refractivity (Wildman–Crippen MR) is 83.8 cm³/mol. The highest BCUT2D eigenvalue weighted by Gasteiger charge is 2.34. The summed E-state index contributed by atoms with van der Waals surface area (Å²) in [5, 5.41) is 3.76. The predicted octanol–water partition coefficient (Wildman–Crippen LogP) is 5.15. The molecule has 1 fully saturated rings. The molecule has 114 valence electrons. The lowest BCUT2D eigenvalue weighted by molar-refractivity contribution is -0.138. The maximum Gasteiger partial charge on any atom is 0.417 e. The van der Waals surface area contributed by atoms with Crippen LogP contribution in [0, 0.1) is 5.92 Å². The summed E-state index contributed by atoms with van der Waals surface area (Å²) < 4.78 is 38.7. The van der Waals surface area contributed by atoms with E-state index >= 15 is 0 Å². The van der Waals surface area contributed by atoms with Crippen LogP contribution in [0.1, 0.15) is 24.8 Å². The molecule has 0 bridgehead atoms. The molecule has 2 nitrogen and oxygen atoms in total. The van der Waals surface area contributed by atoms with E-state index in [2.05, 4.69) is 26.2 Å². The van der Waals surface area contributed by atoms with Gasteiger partial charge in [0.25, 0.3) is 0 Å². The summed E-state index contributed by atoms with van der Waals surface area (Å²) in [4.78, 5) is 4.63. The normalized spacial score (nSPS) is 25.4. The molecule has 0 saturated heterocycles. The van der Waals surface area contributed by atoms with Crippen LogP contribution < -0.4 is 5.32 Å². The number of nitrogens with zero attached hydrogens (tertiary/aromatic N) is 1. The lowest BCUT2D eigenvalue weighted by Gasteiger charge is -2.23. The van der Waals surface area contributed by atoms with Crippen molar-refractivity contribution in [3.63, 3.8) is 0 Å². The lowest BCUT2D eigenvalue weighted by Crippen LogP contribution is -2.25. The molecule has 1 N–H and O–H groups in total. The Balaban J connectivity index is 1.79. The second kappa shape index (κ2) is 5.83. The number of rotatable bonds is 1. The molecule has 0 amide bonds. The maximum absolute atomic E-state index is 12.9. The first-order chi connectivity index (χ1) is 9.93.